The molecule has 24 N–H and O–H groups in total. The van der Waals surface area contributed by atoms with Crippen LogP contribution >= 0.6 is 23.5 Å². The summed E-state index contributed by atoms with van der Waals surface area (Å²) in [7, 11) is 2.65. The maximum absolute atomic E-state index is 14.1. The van der Waals surface area contributed by atoms with Crippen LogP contribution in [0.15, 0.2) is 41.2 Å². The predicted molar refractivity (Wildman–Crippen MR) is 468 cm³/mol. The molecule has 3 aromatic rings. The fourth-order valence-corrected chi connectivity index (χ4v) is 20.3. The number of aliphatic hydroxyl groups excluding tert-OH is 19. The molecule has 53 nitrogen and oxygen atoms in total. The zero-order valence-electron chi connectivity index (χ0n) is 76.6. The second-order valence-electron chi connectivity index (χ2n) is 35.2. The molecule has 2 aromatic heterocycles. The van der Waals surface area contributed by atoms with Crippen molar-refractivity contribution in [2.45, 2.75) is 279 Å². The highest BCUT2D eigenvalue weighted by molar-refractivity contribution is 7.99. The van der Waals surface area contributed by atoms with E-state index >= 15 is 0 Å². The Balaban J connectivity index is 0.693. The molecule has 38 atom stereocenters. The maximum atomic E-state index is 14.1. The summed E-state index contributed by atoms with van der Waals surface area (Å²) in [6.45, 7) is -5.11. The Kier molecular flexibility index (Phi) is 39.5. The van der Waals surface area contributed by atoms with Crippen molar-refractivity contribution in [3.63, 3.8) is 0 Å². The molecule has 4 amide bonds. The number of rotatable bonds is 35. The number of cyclic esters (lactones) is 1. The highest BCUT2D eigenvalue weighted by Gasteiger charge is 2.61. The number of amides is 4. The van der Waals surface area contributed by atoms with E-state index in [1.165, 1.54) is 32.5 Å². The summed E-state index contributed by atoms with van der Waals surface area (Å²) in [5, 5.41) is 234. The normalized spacial score (nSPS) is 37.5. The van der Waals surface area contributed by atoms with Crippen LogP contribution in [0.5, 0.6) is 0 Å². The summed E-state index contributed by atoms with van der Waals surface area (Å²) in [6.07, 6.45) is -75.0. The summed E-state index contributed by atoms with van der Waals surface area (Å²) >= 11 is 1.73. The van der Waals surface area contributed by atoms with Crippen molar-refractivity contribution in [1.82, 2.24) is 36.1 Å². The van der Waals surface area contributed by atoms with Crippen molar-refractivity contribution in [2.24, 2.45) is 5.92 Å². The van der Waals surface area contributed by atoms with Crippen LogP contribution in [0.3, 0.4) is 0 Å². The number of para-hydroxylation sites is 1. The third-order valence-electron chi connectivity index (χ3n) is 25.8. The molecule has 0 aliphatic carbocycles. The van der Waals surface area contributed by atoms with Crippen molar-refractivity contribution >= 4 is 81.6 Å². The number of hydrogen-bond acceptors (Lipinski definition) is 50. The number of aromatic nitrogens is 2. The number of fused-ring (bicyclic) bond motifs is 5. The highest BCUT2D eigenvalue weighted by atomic mass is 32.2. The standard InChI is InChI=1S/C86H123N7O46S2/c1-5-86(39-18-42-53-35(16-34-8-6-7-9-40(34)92-53)22-93(42)77(120)38(39)28-124-85(86)121)139-52(103)21-90-50(101)19-89-51(102)20-91-76(119)41(87-3)30-141-32-49-74-60(110)67(117)84(131-49)136-72-47(27-98)127-79(63(113)56(72)106)132-68-43(23-94)125-78(61(111)54(68)104)133-69-44(24-95)128-81(64(114)57(69)107)137-73-48(31-140-29-36(75(118)88-4)17-37(100)11-13-123-15-14-122-12-10-33(2)99)130-83(66(116)59(73)109)135-71-46(26-97)126-80(62(112)55(71)105)134-70-45(25-96)129-82(138-74)65(115)58(70)108/h6-9,16,18,36,41,43-49,54-74,78-84,87,94-98,104-117H,5,10-15,17,19-32H2,1-4H3,(H,88,118)(H,89,102)(H,90,101)(H,91,119)/t36-,41-,43?,44?,45?,46?,47?,48?,49?,54-,55-,56-,57-,58-,59-,60-,61?,62?,63?,64?,65?,66?,67?,68+,69+,70+,71+,72+,73+,74+,78+,79+,80+,81+,82-,83+,84-,86+/m1/s1. The number of hydrogen-bond donors (Lipinski definition) is 24. The minimum Gasteiger partial charge on any atom is -0.457 e. The molecule has 21 saturated heterocycles. The monoisotopic (exact) mass is 2050 g/mol. The van der Waals surface area contributed by atoms with Crippen molar-refractivity contribution in [1.29, 1.82) is 0 Å². The van der Waals surface area contributed by atoms with E-state index in [-0.39, 0.29) is 87.1 Å². The first-order chi connectivity index (χ1) is 67.4. The number of benzene rings is 1. The number of carbonyl (C=O) groups is 8. The smallest absolute Gasteiger partial charge is 0.355 e. The first-order valence-corrected chi connectivity index (χ1v) is 48.1. The third-order valence-corrected chi connectivity index (χ3v) is 28.2. The van der Waals surface area contributed by atoms with Gasteiger partial charge in [0.1, 0.15) is 183 Å². The molecule has 1 aromatic carbocycles. The Labute approximate surface area is 811 Å². The number of ether oxygens (including phenoxy) is 18. The van der Waals surface area contributed by atoms with Gasteiger partial charge < -0.3 is 213 Å². The van der Waals surface area contributed by atoms with Crippen LogP contribution in [0.2, 0.25) is 0 Å². The molecule has 23 aliphatic rings. The lowest BCUT2D eigenvalue weighted by Crippen LogP contribution is -2.68. The molecule has 14 unspecified atom stereocenters. The Hall–Kier alpha value is -7.00. The number of aliphatic hydroxyl groups is 19. The summed E-state index contributed by atoms with van der Waals surface area (Å²) in [5.41, 5.74) is -0.228. The largest absolute Gasteiger partial charge is 0.457 e. The minimum atomic E-state index is -2.37. The van der Waals surface area contributed by atoms with Crippen LogP contribution in [0.4, 0.5) is 0 Å². The van der Waals surface area contributed by atoms with Gasteiger partial charge in [-0.15, -0.1) is 0 Å². The van der Waals surface area contributed by atoms with Crippen molar-refractivity contribution in [3.8, 4) is 11.4 Å². The number of thioether (sulfide) groups is 2. The number of nitrogens with zero attached hydrogens (tertiary/aromatic N) is 2. The van der Waals surface area contributed by atoms with Gasteiger partial charge in [-0.3, -0.25) is 38.4 Å². The molecule has 55 heteroatoms. The SMILES string of the molecule is CC[C@@]1(OC(=O)CNC(=O)CNC(=O)CNC(=O)[C@@H](CSCC2O[C@@H]3O[C@H]4C(CO)O[C@@H](O[C@H]5C(CO)O[C@@H](O[C@H]6C(CO)O[C@@H](O[C@H]7C(CSC[C@@H](CC(=O)CCOCCOCCC(C)=O)C(=O)NC)O[C@@H](O[C@H]8C(CO)O[C@@H](O[C@H]9C(CO)O[C@H](O[C@@H]2[C@H](O)C3O)C(O)[C@H]9O)C(O)[C@H]8O)C(O)[C@H]7O)C(O)[C@H]6O)C(O)[C@H]5O)C(O)[C@H]4O)NC)C(=O)OCc2c1cc1n(c2=O)Cc2cc3ccccc3nc2-1. The topological polar surface area (TPSA) is 782 Å². The Morgan fingerprint density at radius 2 is 0.872 bits per heavy atom. The summed E-state index contributed by atoms with van der Waals surface area (Å²) in [4.78, 5) is 124. The lowest BCUT2D eigenvalue weighted by atomic mass is 9.85. The van der Waals surface area contributed by atoms with Gasteiger partial charge in [-0.05, 0) is 38.6 Å². The third kappa shape index (κ3) is 25.2. The van der Waals surface area contributed by atoms with E-state index in [0.29, 0.717) is 16.9 Å². The van der Waals surface area contributed by atoms with E-state index < -0.39 is 350 Å². The molecule has 23 aliphatic heterocycles. The van der Waals surface area contributed by atoms with Crippen LogP contribution in [-0.4, -0.2) is 491 Å². The van der Waals surface area contributed by atoms with Gasteiger partial charge in [-0.2, -0.15) is 23.5 Å². The maximum Gasteiger partial charge on any atom is 0.355 e. The first-order valence-electron chi connectivity index (χ1n) is 45.8. The lowest BCUT2D eigenvalue weighted by Gasteiger charge is -2.50. The zero-order chi connectivity index (χ0) is 102. The van der Waals surface area contributed by atoms with Gasteiger partial charge in [0.15, 0.2) is 44.0 Å². The van der Waals surface area contributed by atoms with Crippen LogP contribution in [-0.2, 0) is 142 Å². The van der Waals surface area contributed by atoms with Crippen LogP contribution in [0.25, 0.3) is 22.3 Å². The van der Waals surface area contributed by atoms with E-state index in [4.69, 9.17) is 90.2 Å². The summed E-state index contributed by atoms with van der Waals surface area (Å²) in [6, 6.07) is 9.56. The quantitative estimate of drug-likeness (QED) is 0.0150. The van der Waals surface area contributed by atoms with Gasteiger partial charge in [0.2, 0.25) is 29.2 Å². The Morgan fingerprint density at radius 3 is 1.28 bits per heavy atom. The fraction of sp³-hybridized carbons (Fsp3) is 0.744. The van der Waals surface area contributed by atoms with Crippen LogP contribution < -0.4 is 32.1 Å². The zero-order valence-corrected chi connectivity index (χ0v) is 78.2. The Morgan fingerprint density at radius 1 is 0.482 bits per heavy atom. The molecular formula is C86H123N7O46S2. The molecule has 790 valence electrons. The number of carbonyl (C=O) groups excluding carboxylic acids is 8. The number of ketones is 2. The molecule has 0 radical (unpaired) electrons. The van der Waals surface area contributed by atoms with E-state index in [1.54, 1.807) is 18.2 Å². The van der Waals surface area contributed by atoms with Gasteiger partial charge in [0.25, 0.3) is 5.56 Å². The second-order valence-corrected chi connectivity index (χ2v) is 37.3. The molecule has 25 heterocycles. The summed E-state index contributed by atoms with van der Waals surface area (Å²) < 4.78 is 108. The first kappa shape index (κ1) is 111. The molecular weight excluding hydrogens is 1930 g/mol. The summed E-state index contributed by atoms with van der Waals surface area (Å²) in [5.74, 6) is -8.35. The molecule has 0 saturated carbocycles. The molecule has 21 fully saturated rings. The number of Topliss-reactive ketones (excluding diaryl/α,β-unsaturated/α-hetero) is 2. The average Bonchev–Trinajstić information content (AvgIpc) is 1.58. The molecule has 26 rings (SSSR count). The number of pyridine rings is 2. The van der Waals surface area contributed by atoms with E-state index in [9.17, 15) is 140 Å². The van der Waals surface area contributed by atoms with Gasteiger partial charge in [0, 0.05) is 65.8 Å². The van der Waals surface area contributed by atoms with E-state index in [2.05, 4.69) is 26.6 Å². The second kappa shape index (κ2) is 50.1. The van der Waals surface area contributed by atoms with Crippen molar-refractivity contribution < 1.29 is 221 Å². The Bertz CT molecular complexity index is 4790. The van der Waals surface area contributed by atoms with Gasteiger partial charge in [-0.1, -0.05) is 25.1 Å². The average molecular weight is 2060 g/mol. The molecule has 14 bridgehead atoms. The van der Waals surface area contributed by atoms with E-state index in [0.717, 1.165) is 34.5 Å². The lowest BCUT2D eigenvalue weighted by molar-refractivity contribution is -0.395. The minimum absolute atomic E-state index is 0.0663. The van der Waals surface area contributed by atoms with Crippen molar-refractivity contribution in [2.75, 3.05) is 116 Å². The fourth-order valence-electron chi connectivity index (χ4n) is 17.9. The van der Waals surface area contributed by atoms with Gasteiger partial charge >= 0.3 is 11.9 Å². The van der Waals surface area contributed by atoms with Crippen LogP contribution in [0, 0.1) is 5.92 Å². The number of likely N-dealkylation sites (N-methyl/N-ethyl adjacent to an activating group) is 1. The highest BCUT2D eigenvalue weighted by Crippen LogP contribution is 2.44. The number of nitrogens with one attached hydrogen (secondary N) is 5. The predicted octanol–water partition coefficient (Wildman–Crippen LogP) is -13.4. The van der Waals surface area contributed by atoms with Crippen molar-refractivity contribution in [3.05, 3.63) is 63.4 Å². The van der Waals surface area contributed by atoms with Gasteiger partial charge in [-0.25, -0.2) is 9.78 Å². The number of esters is 2. The van der Waals surface area contributed by atoms with Crippen LogP contribution in [0.1, 0.15) is 56.2 Å². The van der Waals surface area contributed by atoms with E-state index in [1.807, 2.05) is 18.2 Å². The van der Waals surface area contributed by atoms with Gasteiger partial charge in [0.05, 0.1) is 126 Å². The molecule has 0 spiro atoms. The molecule has 141 heavy (non-hydrogen) atoms.